The second kappa shape index (κ2) is 15.6. The van der Waals surface area contributed by atoms with Crippen LogP contribution in [0.2, 0.25) is 0 Å². The molecule has 0 fully saturated rings. The number of hydrogen-bond acceptors (Lipinski definition) is 3. The molecule has 0 unspecified atom stereocenters. The van der Waals surface area contributed by atoms with Crippen LogP contribution in [-0.2, 0) is 20.1 Å². The van der Waals surface area contributed by atoms with Gasteiger partial charge in [-0.25, -0.2) is 0 Å². The molecule has 0 aliphatic rings. The van der Waals surface area contributed by atoms with Crippen molar-refractivity contribution in [3.05, 3.63) is 187 Å². The van der Waals surface area contributed by atoms with Crippen LogP contribution in [0.1, 0.15) is 11.1 Å². The summed E-state index contributed by atoms with van der Waals surface area (Å²) in [5, 5.41) is 1.14. The van der Waals surface area contributed by atoms with Crippen molar-refractivity contribution in [1.82, 2.24) is 15.0 Å². The average molecular weight is 808 g/mol. The first-order valence-corrected chi connectivity index (χ1v) is 16.0. The minimum Gasteiger partial charge on any atom is -0.305 e. The Morgan fingerprint density at radius 2 is 1.22 bits per heavy atom. The number of benzene rings is 5. The number of aromatic nitrogens is 3. The van der Waals surface area contributed by atoms with E-state index in [-0.39, 0.29) is 20.1 Å². The zero-order valence-electron chi connectivity index (χ0n) is 27.3. The maximum Gasteiger partial charge on any atom is 0.0770 e. The van der Waals surface area contributed by atoms with Crippen LogP contribution in [0.3, 0.4) is 0 Å². The van der Waals surface area contributed by atoms with E-state index in [2.05, 4.69) is 115 Å². The Morgan fingerprint density at radius 1 is 0.469 bits per heavy atom. The van der Waals surface area contributed by atoms with Gasteiger partial charge < -0.3 is 9.97 Å². The molecule has 3 nitrogen and oxygen atoms in total. The molecule has 8 rings (SSSR count). The van der Waals surface area contributed by atoms with E-state index < -0.39 is 0 Å². The Hall–Kier alpha value is -5.54. The molecule has 0 bridgehead atoms. The molecule has 3 heterocycles. The fraction of sp³-hybridized carbons (Fsp3) is 0.0444. The van der Waals surface area contributed by atoms with Gasteiger partial charge in [-0.2, -0.15) is 0 Å². The molecule has 8 aromatic rings. The van der Waals surface area contributed by atoms with Gasteiger partial charge in [0.2, 0.25) is 0 Å². The number of pyridine rings is 3. The molecule has 4 heteroatoms. The van der Waals surface area contributed by atoms with Gasteiger partial charge >= 0.3 is 0 Å². The Labute approximate surface area is 301 Å². The summed E-state index contributed by atoms with van der Waals surface area (Å²) in [4.78, 5) is 13.8. The fourth-order valence-electron chi connectivity index (χ4n) is 5.95. The molecule has 0 amide bonds. The quantitative estimate of drug-likeness (QED) is 0.163. The summed E-state index contributed by atoms with van der Waals surface area (Å²) < 4.78 is 0. The maximum absolute atomic E-state index is 4.87. The van der Waals surface area contributed by atoms with Gasteiger partial charge in [-0.05, 0) is 60.1 Å². The molecule has 1 radical (unpaired) electrons. The summed E-state index contributed by atoms with van der Waals surface area (Å²) in [5.74, 6) is 0. The third-order valence-electron chi connectivity index (χ3n) is 8.30. The van der Waals surface area contributed by atoms with E-state index in [4.69, 9.17) is 4.98 Å². The van der Waals surface area contributed by atoms with Crippen LogP contribution in [0.4, 0.5) is 0 Å². The van der Waals surface area contributed by atoms with Crippen molar-refractivity contribution in [2.75, 3.05) is 0 Å². The molecule has 3 aromatic heterocycles. The van der Waals surface area contributed by atoms with E-state index in [9.17, 15) is 0 Å². The SMILES string of the molecule is Cc1ccc(-c2ccc(-c3cc[c-]c(-c4ccccn4)c3-c3ccccc3)c3ncccc23)cc1.Cc1ccnc(-c2[c-]cccc2)c1.[Ir]. The smallest absolute Gasteiger partial charge is 0.0770 e. The van der Waals surface area contributed by atoms with Gasteiger partial charge in [0.1, 0.15) is 0 Å². The summed E-state index contributed by atoms with van der Waals surface area (Å²) in [5.41, 5.74) is 14.2. The van der Waals surface area contributed by atoms with Gasteiger partial charge in [0.25, 0.3) is 0 Å². The summed E-state index contributed by atoms with van der Waals surface area (Å²) >= 11 is 0. The van der Waals surface area contributed by atoms with E-state index in [1.54, 1.807) is 0 Å². The fourth-order valence-corrected chi connectivity index (χ4v) is 5.95. The van der Waals surface area contributed by atoms with Gasteiger partial charge in [0.05, 0.1) is 5.52 Å². The van der Waals surface area contributed by atoms with E-state index in [1.165, 1.54) is 22.3 Å². The van der Waals surface area contributed by atoms with Crippen LogP contribution < -0.4 is 0 Å². The standard InChI is InChI=1S/C33H23N2.C12H10N.Ir/c1-23-15-17-24(18-16-23)26-19-20-29(33-28(26)13-8-22-35-33)27-11-7-12-30(31-14-5-6-21-34-31)32(27)25-9-3-2-4-10-25;1-10-7-8-13-12(9-10)11-5-3-2-4-6-11;/h2-11,13-22H,1H3;2-5,7-9H,1H3;/q2*-1;. The third-order valence-corrected chi connectivity index (χ3v) is 8.30. The van der Waals surface area contributed by atoms with Crippen LogP contribution >= 0.6 is 0 Å². The first-order chi connectivity index (χ1) is 23.7. The number of nitrogens with zero attached hydrogens (tertiary/aromatic N) is 3. The minimum absolute atomic E-state index is 0. The van der Waals surface area contributed by atoms with E-state index in [1.807, 2.05) is 85.3 Å². The molecular formula is C45H33IrN3-2. The number of aryl methyl sites for hydroxylation is 2. The monoisotopic (exact) mass is 808 g/mol. The van der Waals surface area contributed by atoms with Gasteiger partial charge in [-0.15, -0.1) is 59.7 Å². The zero-order valence-corrected chi connectivity index (χ0v) is 29.7. The molecule has 0 N–H and O–H groups in total. The molecule has 0 aliphatic heterocycles. The van der Waals surface area contributed by atoms with Crippen molar-refractivity contribution < 1.29 is 20.1 Å². The molecule has 5 aromatic carbocycles. The Balaban J connectivity index is 0.000000250. The first-order valence-electron chi connectivity index (χ1n) is 16.0. The molecule has 0 spiro atoms. The Bertz CT molecular complexity index is 2290. The predicted octanol–water partition coefficient (Wildman–Crippen LogP) is 11.3. The van der Waals surface area contributed by atoms with Crippen molar-refractivity contribution in [2.45, 2.75) is 13.8 Å². The maximum atomic E-state index is 4.87. The molecule has 0 saturated heterocycles. The van der Waals surface area contributed by atoms with Gasteiger partial charge in [-0.3, -0.25) is 4.98 Å². The molecule has 0 aliphatic carbocycles. The van der Waals surface area contributed by atoms with E-state index >= 15 is 0 Å². The van der Waals surface area contributed by atoms with Crippen molar-refractivity contribution >= 4 is 10.9 Å². The second-order valence-electron chi connectivity index (χ2n) is 11.6. The number of fused-ring (bicyclic) bond motifs is 1. The van der Waals surface area contributed by atoms with Gasteiger partial charge in [0.15, 0.2) is 0 Å². The predicted molar refractivity (Wildman–Crippen MR) is 198 cm³/mol. The van der Waals surface area contributed by atoms with Crippen molar-refractivity contribution in [1.29, 1.82) is 0 Å². The van der Waals surface area contributed by atoms with Crippen LogP contribution in [0.25, 0.3) is 66.8 Å². The minimum atomic E-state index is 0. The number of hydrogen-bond donors (Lipinski definition) is 0. The van der Waals surface area contributed by atoms with Crippen LogP contribution in [-0.4, -0.2) is 15.0 Å². The summed E-state index contributed by atoms with van der Waals surface area (Å²) in [7, 11) is 0. The Kier molecular flexibility index (Phi) is 10.6. The molecule has 0 saturated carbocycles. The normalized spacial score (nSPS) is 10.5. The van der Waals surface area contributed by atoms with Crippen LogP contribution in [0.5, 0.6) is 0 Å². The largest absolute Gasteiger partial charge is 0.305 e. The van der Waals surface area contributed by atoms with Crippen LogP contribution in [0, 0.1) is 26.0 Å². The molecular weight excluding hydrogens is 775 g/mol. The topological polar surface area (TPSA) is 38.7 Å². The van der Waals surface area contributed by atoms with Crippen LogP contribution in [0.15, 0.2) is 164 Å². The number of rotatable bonds is 5. The summed E-state index contributed by atoms with van der Waals surface area (Å²) in [6.07, 6.45) is 5.53. The van der Waals surface area contributed by atoms with Gasteiger partial charge in [-0.1, -0.05) is 119 Å². The zero-order chi connectivity index (χ0) is 32.7. The Morgan fingerprint density at radius 3 is 1.98 bits per heavy atom. The van der Waals surface area contributed by atoms with E-state index in [0.717, 1.165) is 55.7 Å². The second-order valence-corrected chi connectivity index (χ2v) is 11.6. The molecule has 239 valence electrons. The average Bonchev–Trinajstić information content (AvgIpc) is 3.16. The van der Waals surface area contributed by atoms with Crippen molar-refractivity contribution in [3.8, 4) is 55.9 Å². The van der Waals surface area contributed by atoms with E-state index in [0.29, 0.717) is 0 Å². The first kappa shape index (κ1) is 33.4. The third kappa shape index (κ3) is 7.47. The molecule has 49 heavy (non-hydrogen) atoms. The summed E-state index contributed by atoms with van der Waals surface area (Å²) in [6.45, 7) is 4.18. The van der Waals surface area contributed by atoms with Crippen molar-refractivity contribution in [3.63, 3.8) is 0 Å². The molecule has 0 atom stereocenters. The summed E-state index contributed by atoms with van der Waals surface area (Å²) in [6, 6.07) is 56.5. The van der Waals surface area contributed by atoms with Gasteiger partial charge in [0, 0.05) is 44.1 Å². The van der Waals surface area contributed by atoms with Crippen molar-refractivity contribution in [2.24, 2.45) is 0 Å².